The second-order valence-corrected chi connectivity index (χ2v) is 8.93. The minimum Gasteiger partial charge on any atom is -0.464 e. The smallest absolute Gasteiger partial charge is 0.237 e. The molecule has 1 heterocycles. The average Bonchev–Trinajstić information content (AvgIpc) is 3.26. The lowest BCUT2D eigenvalue weighted by Crippen LogP contribution is -2.41. The van der Waals surface area contributed by atoms with Crippen LogP contribution >= 0.6 is 11.6 Å². The number of halogens is 2. The Morgan fingerprint density at radius 2 is 1.83 bits per heavy atom. The highest BCUT2D eigenvalue weighted by Crippen LogP contribution is 2.21. The molecule has 0 aliphatic heterocycles. The highest BCUT2D eigenvalue weighted by Gasteiger charge is 2.21. The van der Waals surface area contributed by atoms with Gasteiger partial charge in [-0.25, -0.2) is 4.39 Å². The van der Waals surface area contributed by atoms with Crippen molar-refractivity contribution < 1.29 is 18.3 Å². The molecule has 2 aromatic carbocycles. The molecule has 0 spiro atoms. The van der Waals surface area contributed by atoms with Gasteiger partial charge in [-0.1, -0.05) is 48.0 Å². The summed E-state index contributed by atoms with van der Waals surface area (Å²) in [5.74, 6) is 1.14. The lowest BCUT2D eigenvalue weighted by molar-refractivity contribution is -0.133. The number of amides is 1. The van der Waals surface area contributed by atoms with Gasteiger partial charge in [-0.2, -0.15) is 0 Å². The topological polar surface area (TPSA) is 45.9 Å². The van der Waals surface area contributed by atoms with Crippen molar-refractivity contribution in [3.8, 4) is 0 Å². The van der Waals surface area contributed by atoms with Crippen molar-refractivity contribution in [2.24, 2.45) is 0 Å². The van der Waals surface area contributed by atoms with Gasteiger partial charge in [-0.3, -0.25) is 9.69 Å². The molecule has 0 saturated heterocycles. The fourth-order valence-electron chi connectivity index (χ4n) is 3.91. The molecular weight excluding hydrogens is 467 g/mol. The molecule has 0 bridgehead atoms. The molecule has 0 aliphatic carbocycles. The SMILES string of the molecule is CCOCCCN(CC(=O)N(CCc1ccccc1)Cc1ccc(C)o1)Cc1c(F)cccc1Cl. The molecule has 3 aromatic rings. The van der Waals surface area contributed by atoms with Gasteiger partial charge in [0.05, 0.1) is 13.1 Å². The monoisotopic (exact) mass is 500 g/mol. The molecule has 1 amide bonds. The number of carbonyl (C=O) groups excluding carboxylic acids is 1. The van der Waals surface area contributed by atoms with Gasteiger partial charge in [-0.15, -0.1) is 0 Å². The summed E-state index contributed by atoms with van der Waals surface area (Å²) in [6.07, 6.45) is 1.46. The van der Waals surface area contributed by atoms with Crippen LogP contribution in [0, 0.1) is 12.7 Å². The minimum absolute atomic E-state index is 0.0427. The summed E-state index contributed by atoms with van der Waals surface area (Å²) in [4.78, 5) is 17.3. The van der Waals surface area contributed by atoms with Gasteiger partial charge in [0, 0.05) is 43.4 Å². The number of benzene rings is 2. The molecule has 7 heteroatoms. The predicted octanol–water partition coefficient (Wildman–Crippen LogP) is 5.88. The van der Waals surface area contributed by atoms with Crippen LogP contribution in [0.25, 0.3) is 0 Å². The molecule has 0 unspecified atom stereocenters. The van der Waals surface area contributed by atoms with Gasteiger partial charge in [-0.05, 0) is 56.5 Å². The first-order valence-corrected chi connectivity index (χ1v) is 12.4. The van der Waals surface area contributed by atoms with Crippen LogP contribution in [-0.4, -0.2) is 48.6 Å². The van der Waals surface area contributed by atoms with E-state index in [1.807, 2.05) is 54.0 Å². The molecule has 0 aliphatic rings. The first-order chi connectivity index (χ1) is 17.0. The van der Waals surface area contributed by atoms with E-state index in [1.54, 1.807) is 12.1 Å². The van der Waals surface area contributed by atoms with Gasteiger partial charge < -0.3 is 14.1 Å². The first-order valence-electron chi connectivity index (χ1n) is 12.1. The summed E-state index contributed by atoms with van der Waals surface area (Å²) >= 11 is 6.28. The maximum atomic E-state index is 14.5. The summed E-state index contributed by atoms with van der Waals surface area (Å²) in [5, 5.41) is 0.360. The van der Waals surface area contributed by atoms with Gasteiger partial charge >= 0.3 is 0 Å². The second kappa shape index (κ2) is 14.0. The fraction of sp³-hybridized carbons (Fsp3) is 0.393. The maximum Gasteiger partial charge on any atom is 0.237 e. The molecule has 35 heavy (non-hydrogen) atoms. The van der Waals surface area contributed by atoms with E-state index >= 15 is 0 Å². The fourth-order valence-corrected chi connectivity index (χ4v) is 4.13. The van der Waals surface area contributed by atoms with Crippen molar-refractivity contribution in [1.29, 1.82) is 0 Å². The summed E-state index contributed by atoms with van der Waals surface area (Å²) in [5.41, 5.74) is 1.56. The maximum absolute atomic E-state index is 14.5. The number of hydrogen-bond acceptors (Lipinski definition) is 4. The van der Waals surface area contributed by atoms with Crippen LogP contribution in [0.5, 0.6) is 0 Å². The summed E-state index contributed by atoms with van der Waals surface area (Å²) < 4.78 is 25.7. The number of hydrogen-bond donors (Lipinski definition) is 0. The van der Waals surface area contributed by atoms with E-state index < -0.39 is 0 Å². The first kappa shape index (κ1) is 26.9. The van der Waals surface area contributed by atoms with E-state index in [4.69, 9.17) is 20.8 Å². The Morgan fingerprint density at radius 1 is 1.03 bits per heavy atom. The van der Waals surface area contributed by atoms with Crippen molar-refractivity contribution in [2.75, 3.05) is 32.8 Å². The third-order valence-electron chi connectivity index (χ3n) is 5.78. The van der Waals surface area contributed by atoms with Crippen molar-refractivity contribution in [2.45, 2.75) is 39.8 Å². The molecule has 0 saturated carbocycles. The summed E-state index contributed by atoms with van der Waals surface area (Å²) in [6, 6.07) is 18.5. The standard InChI is InChI=1S/C28H34ClFN2O3/c1-3-34-18-8-16-31(20-25-26(29)11-7-12-27(25)30)21-28(33)32(19-24-14-13-22(2)35-24)17-15-23-9-5-4-6-10-23/h4-7,9-14H,3,8,15-21H2,1-2H3. The van der Waals surface area contributed by atoms with Crippen LogP contribution in [0.1, 0.15) is 36.0 Å². The van der Waals surface area contributed by atoms with E-state index in [0.29, 0.717) is 43.4 Å². The third-order valence-corrected chi connectivity index (χ3v) is 6.13. The van der Waals surface area contributed by atoms with Gasteiger partial charge in [0.1, 0.15) is 17.3 Å². The Kier molecular flexibility index (Phi) is 10.8. The number of nitrogens with zero attached hydrogens (tertiary/aromatic N) is 2. The summed E-state index contributed by atoms with van der Waals surface area (Å²) in [6.45, 7) is 6.95. The Morgan fingerprint density at radius 3 is 2.51 bits per heavy atom. The number of aryl methyl sites for hydroxylation is 1. The summed E-state index contributed by atoms with van der Waals surface area (Å²) in [7, 11) is 0. The van der Waals surface area contributed by atoms with Crippen LogP contribution in [0.3, 0.4) is 0 Å². The number of rotatable bonds is 14. The van der Waals surface area contributed by atoms with E-state index in [0.717, 1.165) is 29.9 Å². The number of ether oxygens (including phenoxy) is 1. The molecule has 5 nitrogen and oxygen atoms in total. The largest absolute Gasteiger partial charge is 0.464 e. The molecular formula is C28H34ClFN2O3. The van der Waals surface area contributed by atoms with Gasteiger partial charge in [0.2, 0.25) is 5.91 Å². The van der Waals surface area contributed by atoms with E-state index in [1.165, 1.54) is 6.07 Å². The molecule has 188 valence electrons. The quantitative estimate of drug-likeness (QED) is 0.259. The lowest BCUT2D eigenvalue weighted by Gasteiger charge is -2.27. The number of carbonyl (C=O) groups is 1. The second-order valence-electron chi connectivity index (χ2n) is 8.52. The molecule has 0 atom stereocenters. The van der Waals surface area contributed by atoms with E-state index in [2.05, 4.69) is 12.1 Å². The van der Waals surface area contributed by atoms with Crippen molar-refractivity contribution >= 4 is 17.5 Å². The van der Waals surface area contributed by atoms with Crippen LogP contribution in [0.15, 0.2) is 65.1 Å². The Labute approximate surface area is 212 Å². The Hall–Kier alpha value is -2.67. The van der Waals surface area contributed by atoms with Crippen molar-refractivity contribution in [3.05, 3.63) is 94.2 Å². The van der Waals surface area contributed by atoms with Crippen LogP contribution in [0.4, 0.5) is 4.39 Å². The van der Waals surface area contributed by atoms with Crippen molar-refractivity contribution in [3.63, 3.8) is 0 Å². The molecule has 3 rings (SSSR count). The highest BCUT2D eigenvalue weighted by atomic mass is 35.5. The molecule has 1 aromatic heterocycles. The lowest BCUT2D eigenvalue weighted by atomic mass is 10.1. The molecule has 0 radical (unpaired) electrons. The van der Waals surface area contributed by atoms with Gasteiger partial charge in [0.25, 0.3) is 0 Å². The zero-order valence-electron chi connectivity index (χ0n) is 20.5. The van der Waals surface area contributed by atoms with Crippen molar-refractivity contribution in [1.82, 2.24) is 9.80 Å². The van der Waals surface area contributed by atoms with Gasteiger partial charge in [0.15, 0.2) is 0 Å². The Balaban J connectivity index is 1.74. The van der Waals surface area contributed by atoms with Crippen LogP contribution in [-0.2, 0) is 29.0 Å². The zero-order chi connectivity index (χ0) is 25.0. The Bertz CT molecular complexity index is 1040. The normalized spacial score (nSPS) is 11.2. The number of furan rings is 1. The minimum atomic E-state index is -0.369. The molecule has 0 fully saturated rings. The van der Waals surface area contributed by atoms with Crippen LogP contribution < -0.4 is 0 Å². The van der Waals surface area contributed by atoms with E-state index in [9.17, 15) is 9.18 Å². The van der Waals surface area contributed by atoms with E-state index in [-0.39, 0.29) is 24.8 Å². The average molecular weight is 501 g/mol. The third kappa shape index (κ3) is 8.80. The van der Waals surface area contributed by atoms with Crippen LogP contribution in [0.2, 0.25) is 5.02 Å². The predicted molar refractivity (Wildman–Crippen MR) is 137 cm³/mol. The zero-order valence-corrected chi connectivity index (χ0v) is 21.3. The molecule has 0 N–H and O–H groups in total. The highest BCUT2D eigenvalue weighted by molar-refractivity contribution is 6.31.